The number of aryl methyl sites for hydroxylation is 2. The molecule has 4 nitrogen and oxygen atoms in total. The lowest BCUT2D eigenvalue weighted by Gasteiger charge is -2.16. The number of aromatic nitrogens is 1. The van der Waals surface area contributed by atoms with Crippen molar-refractivity contribution < 1.29 is 8.42 Å². The summed E-state index contributed by atoms with van der Waals surface area (Å²) in [5, 5.41) is 5.61. The zero-order valence-electron chi connectivity index (χ0n) is 10.1. The Morgan fingerprint density at radius 3 is 2.71 bits per heavy atom. The third-order valence-corrected chi connectivity index (χ3v) is 5.04. The predicted molar refractivity (Wildman–Crippen MR) is 69.9 cm³/mol. The number of sulfone groups is 1. The Balaban J connectivity index is 2.06. The van der Waals surface area contributed by atoms with E-state index in [0.29, 0.717) is 0 Å². The van der Waals surface area contributed by atoms with Gasteiger partial charge in [0, 0.05) is 22.4 Å². The van der Waals surface area contributed by atoms with Crippen LogP contribution in [0.1, 0.15) is 28.5 Å². The van der Waals surface area contributed by atoms with Gasteiger partial charge in [0.2, 0.25) is 0 Å². The van der Waals surface area contributed by atoms with Crippen LogP contribution in [0.15, 0.2) is 11.5 Å². The van der Waals surface area contributed by atoms with Crippen LogP contribution < -0.4 is 5.32 Å². The smallest absolute Gasteiger partial charge is 0.173 e. The lowest BCUT2D eigenvalue weighted by molar-refractivity contribution is 0.525. The Kier molecular flexibility index (Phi) is 3.38. The van der Waals surface area contributed by atoms with Gasteiger partial charge in [0.15, 0.2) is 9.84 Å². The Morgan fingerprint density at radius 2 is 2.24 bits per heavy atom. The second kappa shape index (κ2) is 4.51. The third-order valence-electron chi connectivity index (χ3n) is 2.74. The minimum atomic E-state index is -2.99. The monoisotopic (exact) mass is 272 g/mol. The molecule has 1 aromatic heterocycles. The maximum Gasteiger partial charge on any atom is 0.173 e. The average molecular weight is 272 g/mol. The van der Waals surface area contributed by atoms with Crippen molar-refractivity contribution >= 4 is 21.2 Å². The lowest BCUT2D eigenvalue weighted by atomic mass is 10.2. The molecule has 0 spiro atoms. The zero-order chi connectivity index (χ0) is 12.6. The summed E-state index contributed by atoms with van der Waals surface area (Å²) in [6, 6.07) is -0.0284. The highest BCUT2D eigenvalue weighted by Gasteiger charge is 2.24. The summed E-state index contributed by atoms with van der Waals surface area (Å²) in [5.41, 5.74) is 1.02. The summed E-state index contributed by atoms with van der Waals surface area (Å²) in [4.78, 5) is 5.66. The molecule has 0 saturated heterocycles. The first-order valence-corrected chi connectivity index (χ1v) is 8.01. The van der Waals surface area contributed by atoms with Gasteiger partial charge >= 0.3 is 0 Å². The van der Waals surface area contributed by atoms with Crippen LogP contribution >= 0.6 is 11.3 Å². The van der Waals surface area contributed by atoms with E-state index in [4.69, 9.17) is 0 Å². The zero-order valence-corrected chi connectivity index (χ0v) is 11.7. The van der Waals surface area contributed by atoms with Crippen LogP contribution in [0.3, 0.4) is 0 Å². The van der Waals surface area contributed by atoms with Gasteiger partial charge < -0.3 is 5.32 Å². The van der Waals surface area contributed by atoms with Gasteiger partial charge in [-0.2, -0.15) is 0 Å². The first-order chi connectivity index (χ1) is 7.87. The van der Waals surface area contributed by atoms with E-state index in [1.165, 1.54) is 10.3 Å². The second-order valence-corrected chi connectivity index (χ2v) is 7.67. The molecule has 1 aliphatic rings. The van der Waals surface area contributed by atoms with E-state index >= 15 is 0 Å². The SMILES string of the molecule is Cc1nc(C(C)NC2C=CS(=O)(=O)C2)c(C)s1. The molecule has 1 aromatic rings. The van der Waals surface area contributed by atoms with Crippen molar-refractivity contribution in [1.29, 1.82) is 0 Å². The van der Waals surface area contributed by atoms with Crippen LogP contribution in [0, 0.1) is 13.8 Å². The summed E-state index contributed by atoms with van der Waals surface area (Å²) in [6.45, 7) is 6.04. The third kappa shape index (κ3) is 2.94. The first kappa shape index (κ1) is 12.7. The fourth-order valence-corrected chi connectivity index (χ4v) is 4.19. The quantitative estimate of drug-likeness (QED) is 0.910. The van der Waals surface area contributed by atoms with Gasteiger partial charge in [-0.05, 0) is 20.8 Å². The topological polar surface area (TPSA) is 59.1 Å². The summed E-state index contributed by atoms with van der Waals surface area (Å²) >= 11 is 1.67. The fourth-order valence-electron chi connectivity index (χ4n) is 2.03. The van der Waals surface area contributed by atoms with E-state index in [1.807, 2.05) is 20.8 Å². The molecular formula is C11H16N2O2S2. The lowest BCUT2D eigenvalue weighted by Crippen LogP contribution is -2.32. The largest absolute Gasteiger partial charge is 0.301 e. The standard InChI is InChI=1S/C11H16N2O2S2/c1-7(11-8(2)16-9(3)13-11)12-10-4-5-17(14,15)6-10/h4-5,7,10,12H,6H2,1-3H3. The molecule has 2 rings (SSSR count). The number of hydrogen-bond donors (Lipinski definition) is 1. The average Bonchev–Trinajstić information content (AvgIpc) is 2.69. The van der Waals surface area contributed by atoms with Crippen molar-refractivity contribution in [3.63, 3.8) is 0 Å². The molecule has 1 aliphatic heterocycles. The molecule has 17 heavy (non-hydrogen) atoms. The van der Waals surface area contributed by atoms with E-state index in [1.54, 1.807) is 17.4 Å². The normalized spacial score (nSPS) is 24.1. The van der Waals surface area contributed by atoms with E-state index in [9.17, 15) is 8.42 Å². The van der Waals surface area contributed by atoms with Gasteiger partial charge in [0.1, 0.15) is 0 Å². The Bertz CT molecular complexity index is 546. The van der Waals surface area contributed by atoms with Crippen molar-refractivity contribution in [1.82, 2.24) is 10.3 Å². The van der Waals surface area contributed by atoms with Crippen molar-refractivity contribution in [2.75, 3.05) is 5.75 Å². The molecule has 2 atom stereocenters. The molecule has 0 radical (unpaired) electrons. The molecule has 0 aromatic carbocycles. The number of hydrogen-bond acceptors (Lipinski definition) is 5. The Hall–Kier alpha value is -0.720. The summed E-state index contributed by atoms with van der Waals surface area (Å²) in [7, 11) is -2.99. The van der Waals surface area contributed by atoms with Crippen LogP contribution in [-0.4, -0.2) is 25.2 Å². The molecule has 1 N–H and O–H groups in total. The van der Waals surface area contributed by atoms with Crippen molar-refractivity contribution in [2.45, 2.75) is 32.9 Å². The van der Waals surface area contributed by atoms with Gasteiger partial charge in [-0.3, -0.25) is 0 Å². The van der Waals surface area contributed by atoms with Gasteiger partial charge in [-0.15, -0.1) is 11.3 Å². The van der Waals surface area contributed by atoms with E-state index in [-0.39, 0.29) is 17.8 Å². The van der Waals surface area contributed by atoms with Gasteiger partial charge in [0.25, 0.3) is 0 Å². The van der Waals surface area contributed by atoms with E-state index < -0.39 is 9.84 Å². The molecule has 0 saturated carbocycles. The second-order valence-electron chi connectivity index (χ2n) is 4.33. The van der Waals surface area contributed by atoms with Crippen LogP contribution in [0.25, 0.3) is 0 Å². The maximum atomic E-state index is 11.3. The highest BCUT2D eigenvalue weighted by atomic mass is 32.2. The van der Waals surface area contributed by atoms with Crippen LogP contribution in [0.4, 0.5) is 0 Å². The van der Waals surface area contributed by atoms with E-state index in [0.717, 1.165) is 10.7 Å². The fraction of sp³-hybridized carbons (Fsp3) is 0.545. The van der Waals surface area contributed by atoms with Crippen molar-refractivity contribution in [3.05, 3.63) is 27.1 Å². The number of nitrogens with one attached hydrogen (secondary N) is 1. The number of rotatable bonds is 3. The summed E-state index contributed by atoms with van der Waals surface area (Å²) in [6.07, 6.45) is 1.71. The molecule has 6 heteroatoms. The number of thiazole rings is 1. The van der Waals surface area contributed by atoms with Crippen LogP contribution in [0.2, 0.25) is 0 Å². The Labute approximate surface area is 106 Å². The van der Waals surface area contributed by atoms with Crippen molar-refractivity contribution in [3.8, 4) is 0 Å². The molecule has 2 heterocycles. The molecule has 2 unspecified atom stereocenters. The van der Waals surface area contributed by atoms with E-state index in [2.05, 4.69) is 10.3 Å². The van der Waals surface area contributed by atoms with Crippen LogP contribution in [-0.2, 0) is 9.84 Å². The highest BCUT2D eigenvalue weighted by Crippen LogP contribution is 2.23. The number of nitrogens with zero attached hydrogens (tertiary/aromatic N) is 1. The van der Waals surface area contributed by atoms with Crippen LogP contribution in [0.5, 0.6) is 0 Å². The molecule has 0 bridgehead atoms. The molecule has 94 valence electrons. The minimum Gasteiger partial charge on any atom is -0.301 e. The molecular weight excluding hydrogens is 256 g/mol. The van der Waals surface area contributed by atoms with Gasteiger partial charge in [0.05, 0.1) is 16.5 Å². The predicted octanol–water partition coefficient (Wildman–Crippen LogP) is 1.72. The minimum absolute atomic E-state index is 0.0721. The summed E-state index contributed by atoms with van der Waals surface area (Å²) in [5.74, 6) is 0.152. The highest BCUT2D eigenvalue weighted by molar-refractivity contribution is 7.94. The maximum absolute atomic E-state index is 11.3. The molecule has 0 aliphatic carbocycles. The molecule has 0 fully saturated rings. The van der Waals surface area contributed by atoms with Crippen molar-refractivity contribution in [2.24, 2.45) is 0 Å². The first-order valence-electron chi connectivity index (χ1n) is 5.48. The van der Waals surface area contributed by atoms with Gasteiger partial charge in [-0.25, -0.2) is 13.4 Å². The van der Waals surface area contributed by atoms with Gasteiger partial charge in [-0.1, -0.05) is 6.08 Å². The summed E-state index contributed by atoms with van der Waals surface area (Å²) < 4.78 is 22.6. The molecule has 0 amide bonds. The Morgan fingerprint density at radius 1 is 1.53 bits per heavy atom.